The van der Waals surface area contributed by atoms with Gasteiger partial charge >= 0.3 is 0 Å². The van der Waals surface area contributed by atoms with E-state index in [1.165, 1.54) is 11.1 Å². The zero-order valence-electron chi connectivity index (χ0n) is 30.3. The van der Waals surface area contributed by atoms with Gasteiger partial charge in [0.1, 0.15) is 22.3 Å². The van der Waals surface area contributed by atoms with Crippen LogP contribution in [0.15, 0.2) is 52.9 Å². The Morgan fingerprint density at radius 3 is 2.67 bits per heavy atom. The van der Waals surface area contributed by atoms with Crippen molar-refractivity contribution in [1.29, 1.82) is 0 Å². The highest BCUT2D eigenvalue weighted by Gasteiger charge is 2.38. The van der Waals surface area contributed by atoms with Crippen LogP contribution in [0.5, 0.6) is 5.75 Å². The number of rotatable bonds is 7. The summed E-state index contributed by atoms with van der Waals surface area (Å²) in [5.41, 5.74) is 3.40. The van der Waals surface area contributed by atoms with E-state index in [0.717, 1.165) is 44.3 Å². The molecule has 2 aromatic carbocycles. The van der Waals surface area contributed by atoms with Crippen LogP contribution in [0, 0.1) is 17.8 Å². The Kier molecular flexibility index (Phi) is 13.7. The number of amides is 2. The molecular weight excluding hydrogens is 706 g/mol. The molecule has 3 heterocycles. The first-order valence-corrected chi connectivity index (χ1v) is 20.6. The third-order valence-electron chi connectivity index (χ3n) is 10.6. The SMILES string of the molecule is COC[C@H]1C/C=C/[C@H](OC)[C@@H]2CC[C@H]2CN2Cc3ccc(Cl)cc3CCCCOc3ccc(cc32)C(=O)N=S(=O)(NC(=O)COC2CCOCC2)C1. The first-order valence-electron chi connectivity index (χ1n) is 18.5. The number of nitrogens with zero attached hydrogens (tertiary/aromatic N) is 2. The van der Waals surface area contributed by atoms with E-state index in [4.69, 9.17) is 35.3 Å². The maximum Gasteiger partial charge on any atom is 0.286 e. The smallest absolute Gasteiger partial charge is 0.286 e. The van der Waals surface area contributed by atoms with Crippen molar-refractivity contribution in [2.45, 2.75) is 70.1 Å². The van der Waals surface area contributed by atoms with Crippen molar-refractivity contribution in [2.75, 3.05) is 64.5 Å². The van der Waals surface area contributed by atoms with Crippen LogP contribution in [-0.2, 0) is 46.6 Å². The van der Waals surface area contributed by atoms with Crippen LogP contribution in [0.25, 0.3) is 0 Å². The fourth-order valence-electron chi connectivity index (χ4n) is 7.66. The highest BCUT2D eigenvalue weighted by atomic mass is 35.5. The Morgan fingerprint density at radius 1 is 1.06 bits per heavy atom. The van der Waals surface area contributed by atoms with Gasteiger partial charge in [0.15, 0.2) is 0 Å². The summed E-state index contributed by atoms with van der Waals surface area (Å²) in [5, 5.41) is 0.708. The molecule has 2 aromatic rings. The molecule has 284 valence electrons. The summed E-state index contributed by atoms with van der Waals surface area (Å²) >= 11 is 6.47. The van der Waals surface area contributed by atoms with Gasteiger partial charge < -0.3 is 28.6 Å². The number of ether oxygens (including phenoxy) is 5. The number of nitrogens with one attached hydrogen (secondary N) is 1. The van der Waals surface area contributed by atoms with Gasteiger partial charge in [-0.1, -0.05) is 29.8 Å². The molecular formula is C39H52ClN3O8S. The Morgan fingerprint density at radius 2 is 1.90 bits per heavy atom. The Bertz CT molecular complexity index is 1710. The van der Waals surface area contributed by atoms with E-state index < -0.39 is 21.7 Å². The molecule has 1 saturated heterocycles. The average molecular weight is 758 g/mol. The maximum absolute atomic E-state index is 14.6. The van der Waals surface area contributed by atoms with E-state index in [1.807, 2.05) is 18.2 Å². The fourth-order valence-corrected chi connectivity index (χ4v) is 9.72. The van der Waals surface area contributed by atoms with E-state index in [-0.39, 0.29) is 42.7 Å². The second kappa shape index (κ2) is 18.4. The summed E-state index contributed by atoms with van der Waals surface area (Å²) in [5.74, 6) is -0.343. The van der Waals surface area contributed by atoms with Gasteiger partial charge in [-0.15, -0.1) is 4.36 Å². The number of carbonyl (C=O) groups is 2. The van der Waals surface area contributed by atoms with Crippen molar-refractivity contribution < 1.29 is 37.5 Å². The van der Waals surface area contributed by atoms with E-state index in [2.05, 4.69) is 32.2 Å². The Hall–Kier alpha value is -3.00. The summed E-state index contributed by atoms with van der Waals surface area (Å²) in [7, 11) is -0.283. The number of hydrogen-bond donors (Lipinski definition) is 1. The highest BCUT2D eigenvalue weighted by molar-refractivity contribution is 7.92. The lowest BCUT2D eigenvalue weighted by Gasteiger charge is -2.43. The van der Waals surface area contributed by atoms with Crippen LogP contribution in [0.2, 0.25) is 5.02 Å². The number of methoxy groups -OCH3 is 2. The molecule has 11 nitrogen and oxygen atoms in total. The second-order valence-electron chi connectivity index (χ2n) is 14.3. The van der Waals surface area contributed by atoms with E-state index in [0.29, 0.717) is 68.2 Å². The third kappa shape index (κ3) is 10.1. The molecule has 1 aliphatic carbocycles. The van der Waals surface area contributed by atoms with E-state index in [1.54, 1.807) is 26.4 Å². The number of hydrogen-bond acceptors (Lipinski definition) is 9. The third-order valence-corrected chi connectivity index (χ3v) is 12.7. The standard InChI is InChI=1S/C39H52ClN3O8S/c1-47-24-27-6-5-8-36(48-2)34-13-10-31(34)23-43-22-30-9-12-32(40)20-28(30)7-3-4-17-50-37-14-11-29(21-35(37)43)39(45)42-52(46,26-27)41-38(44)25-51-33-15-18-49-19-16-33/h5,8-9,11-12,14,20-21,27,31,33-34,36H,3-4,6-7,10,13,15-19,22-26H2,1-2H3,(H,41,42,44,45,46)/b8-5+/t27-,31+,34-,36+,52?/m1/s1. The predicted octanol–water partition coefficient (Wildman–Crippen LogP) is 6.16. The number of halogens is 1. The molecule has 1 unspecified atom stereocenters. The van der Waals surface area contributed by atoms with Crippen LogP contribution in [0.3, 0.4) is 0 Å². The van der Waals surface area contributed by atoms with Crippen molar-refractivity contribution in [1.82, 2.24) is 4.72 Å². The van der Waals surface area contributed by atoms with Gasteiger partial charge in [0.05, 0.1) is 36.9 Å². The molecule has 1 N–H and O–H groups in total. The number of fused-ring (bicyclic) bond motifs is 3. The van der Waals surface area contributed by atoms with Gasteiger partial charge in [-0.25, -0.2) is 4.21 Å². The van der Waals surface area contributed by atoms with Gasteiger partial charge in [0.2, 0.25) is 0 Å². The topological polar surface area (TPSA) is 125 Å². The normalized spacial score (nSPS) is 28.1. The quantitative estimate of drug-likeness (QED) is 0.331. The first kappa shape index (κ1) is 38.7. The lowest BCUT2D eigenvalue weighted by molar-refractivity contribution is -0.128. The van der Waals surface area contributed by atoms with Crippen LogP contribution in [-0.4, -0.2) is 87.8 Å². The molecule has 2 bridgehead atoms. The zero-order chi connectivity index (χ0) is 36.5. The molecule has 4 aliphatic rings. The predicted molar refractivity (Wildman–Crippen MR) is 201 cm³/mol. The summed E-state index contributed by atoms with van der Waals surface area (Å²) in [6, 6.07) is 11.4. The van der Waals surface area contributed by atoms with Gasteiger partial charge in [0.25, 0.3) is 11.8 Å². The van der Waals surface area contributed by atoms with Crippen LogP contribution in [0.4, 0.5) is 5.69 Å². The second-order valence-corrected chi connectivity index (χ2v) is 16.8. The largest absolute Gasteiger partial charge is 0.491 e. The molecule has 52 heavy (non-hydrogen) atoms. The van der Waals surface area contributed by atoms with Gasteiger partial charge in [-0.2, -0.15) is 0 Å². The van der Waals surface area contributed by atoms with Crippen molar-refractivity contribution in [3.63, 3.8) is 0 Å². The zero-order valence-corrected chi connectivity index (χ0v) is 31.8. The molecule has 6 rings (SSSR count). The summed E-state index contributed by atoms with van der Waals surface area (Å²) in [4.78, 5) is 29.6. The summed E-state index contributed by atoms with van der Waals surface area (Å²) < 4.78 is 50.7. The lowest BCUT2D eigenvalue weighted by Crippen LogP contribution is -2.43. The molecule has 5 atom stereocenters. The van der Waals surface area contributed by atoms with Gasteiger partial charge in [-0.3, -0.25) is 14.3 Å². The highest BCUT2D eigenvalue weighted by Crippen LogP contribution is 2.42. The molecule has 0 aromatic heterocycles. The van der Waals surface area contributed by atoms with Crippen LogP contribution >= 0.6 is 11.6 Å². The maximum atomic E-state index is 14.6. The molecule has 0 spiro atoms. The number of aryl methyl sites for hydroxylation is 1. The van der Waals surface area contributed by atoms with Crippen molar-refractivity contribution in [3.8, 4) is 5.75 Å². The minimum atomic E-state index is -3.60. The summed E-state index contributed by atoms with van der Waals surface area (Å²) in [6.07, 6.45) is 10.5. The van der Waals surface area contributed by atoms with Crippen molar-refractivity contribution >= 4 is 39.0 Å². The molecule has 3 aliphatic heterocycles. The van der Waals surface area contributed by atoms with Crippen LogP contribution < -0.4 is 14.4 Å². The van der Waals surface area contributed by atoms with Gasteiger partial charge in [0, 0.05) is 51.1 Å². The van der Waals surface area contributed by atoms with Crippen molar-refractivity contribution in [3.05, 3.63) is 70.3 Å². The molecule has 2 amide bonds. The molecule has 13 heteroatoms. The average Bonchev–Trinajstić information content (AvgIpc) is 3.15. The molecule has 1 saturated carbocycles. The van der Waals surface area contributed by atoms with Gasteiger partial charge in [-0.05, 0) is 111 Å². The minimum Gasteiger partial charge on any atom is -0.491 e. The van der Waals surface area contributed by atoms with E-state index in [9.17, 15) is 13.8 Å². The Balaban J connectivity index is 1.40. The number of anilines is 1. The van der Waals surface area contributed by atoms with E-state index >= 15 is 0 Å². The Labute approximate surface area is 313 Å². The summed E-state index contributed by atoms with van der Waals surface area (Å²) in [6.45, 7) is 2.93. The lowest BCUT2D eigenvalue weighted by atomic mass is 9.70. The first-order chi connectivity index (χ1) is 25.2. The number of carbonyl (C=O) groups excluding carboxylic acids is 2. The minimum absolute atomic E-state index is 0.0802. The van der Waals surface area contributed by atoms with Crippen molar-refractivity contribution in [2.24, 2.45) is 22.1 Å². The number of benzene rings is 2. The van der Waals surface area contributed by atoms with Crippen LogP contribution in [0.1, 0.15) is 66.4 Å². The number of allylic oxidation sites excluding steroid dienone is 1. The molecule has 0 radical (unpaired) electrons. The monoisotopic (exact) mass is 757 g/mol. The molecule has 2 fully saturated rings. The fraction of sp³-hybridized carbons (Fsp3) is 0.590.